The molecule has 0 aliphatic heterocycles. The molecule has 1 aromatic carbocycles. The summed E-state index contributed by atoms with van der Waals surface area (Å²) < 4.78 is 13.3. The molecule has 0 aliphatic carbocycles. The Bertz CT molecular complexity index is 369. The molecule has 0 aliphatic rings. The summed E-state index contributed by atoms with van der Waals surface area (Å²) in [6, 6.07) is 4.84. The third kappa shape index (κ3) is 4.63. The van der Waals surface area contributed by atoms with Gasteiger partial charge in [0.2, 0.25) is 0 Å². The van der Waals surface area contributed by atoms with Crippen LogP contribution in [0.2, 0.25) is 0 Å². The summed E-state index contributed by atoms with van der Waals surface area (Å²) in [5.74, 6) is -0.212. The van der Waals surface area contributed by atoms with Crippen LogP contribution in [0.4, 0.5) is 10.1 Å². The van der Waals surface area contributed by atoms with Crippen LogP contribution >= 0.6 is 0 Å². The van der Waals surface area contributed by atoms with Crippen molar-refractivity contribution >= 4 is 5.69 Å². The molecule has 0 fully saturated rings. The third-order valence-corrected chi connectivity index (χ3v) is 2.90. The molecule has 3 nitrogen and oxygen atoms in total. The molecule has 1 aromatic rings. The van der Waals surface area contributed by atoms with Crippen molar-refractivity contribution < 1.29 is 9.50 Å². The Hall–Kier alpha value is -1.13. The molecule has 1 unspecified atom stereocenters. The first kappa shape index (κ1) is 14.9. The fourth-order valence-corrected chi connectivity index (χ4v) is 1.83. The van der Waals surface area contributed by atoms with Gasteiger partial charge in [0.15, 0.2) is 0 Å². The second-order valence-electron chi connectivity index (χ2n) is 4.61. The predicted molar refractivity (Wildman–Crippen MR) is 73.3 cm³/mol. The van der Waals surface area contributed by atoms with E-state index >= 15 is 0 Å². The molecule has 4 heteroatoms. The quantitative estimate of drug-likeness (QED) is 0.782. The second-order valence-corrected chi connectivity index (χ2v) is 4.61. The van der Waals surface area contributed by atoms with Crippen molar-refractivity contribution in [3.63, 3.8) is 0 Å². The first-order valence-corrected chi connectivity index (χ1v) is 6.43. The minimum absolute atomic E-state index is 0.212. The molecule has 0 saturated carbocycles. The van der Waals surface area contributed by atoms with Crippen LogP contribution in [0, 0.1) is 5.82 Å². The third-order valence-electron chi connectivity index (χ3n) is 2.90. The highest BCUT2D eigenvalue weighted by molar-refractivity contribution is 5.53. The van der Waals surface area contributed by atoms with Crippen molar-refractivity contribution in [2.75, 3.05) is 25.0 Å². The topological polar surface area (TPSA) is 35.5 Å². The van der Waals surface area contributed by atoms with E-state index in [9.17, 15) is 9.50 Å². The number of nitrogens with one attached hydrogen (secondary N) is 1. The van der Waals surface area contributed by atoms with Gasteiger partial charge in [0.05, 0.1) is 6.10 Å². The zero-order valence-corrected chi connectivity index (χ0v) is 11.4. The van der Waals surface area contributed by atoms with Gasteiger partial charge >= 0.3 is 0 Å². The smallest absolute Gasteiger partial charge is 0.123 e. The van der Waals surface area contributed by atoms with E-state index in [2.05, 4.69) is 10.2 Å². The lowest BCUT2D eigenvalue weighted by Gasteiger charge is -2.23. The van der Waals surface area contributed by atoms with Crippen LogP contribution in [0.5, 0.6) is 0 Å². The van der Waals surface area contributed by atoms with E-state index < -0.39 is 0 Å². The molecule has 18 heavy (non-hydrogen) atoms. The van der Waals surface area contributed by atoms with Gasteiger partial charge in [-0.1, -0.05) is 6.92 Å². The number of halogens is 1. The van der Waals surface area contributed by atoms with E-state index in [0.29, 0.717) is 13.0 Å². The lowest BCUT2D eigenvalue weighted by Crippen LogP contribution is -2.24. The van der Waals surface area contributed by atoms with Crippen LogP contribution in [0.15, 0.2) is 18.2 Å². The number of hydrogen-bond donors (Lipinski definition) is 2. The van der Waals surface area contributed by atoms with Gasteiger partial charge in [0, 0.05) is 25.8 Å². The van der Waals surface area contributed by atoms with Gasteiger partial charge in [-0.3, -0.25) is 0 Å². The molecule has 0 aromatic heterocycles. The molecule has 102 valence electrons. The van der Waals surface area contributed by atoms with Crippen molar-refractivity contribution in [2.45, 2.75) is 32.9 Å². The van der Waals surface area contributed by atoms with Gasteiger partial charge < -0.3 is 15.3 Å². The Morgan fingerprint density at radius 3 is 2.78 bits per heavy atom. The molecule has 2 N–H and O–H groups in total. The molecule has 0 radical (unpaired) electrons. The first-order valence-electron chi connectivity index (χ1n) is 6.43. The average Bonchev–Trinajstić information content (AvgIpc) is 2.33. The maximum atomic E-state index is 13.3. The molecule has 0 amide bonds. The molecule has 0 saturated heterocycles. The number of aliphatic hydroxyl groups excluding tert-OH is 1. The Labute approximate surface area is 109 Å². The highest BCUT2D eigenvalue weighted by atomic mass is 19.1. The van der Waals surface area contributed by atoms with Gasteiger partial charge in [-0.15, -0.1) is 0 Å². The largest absolute Gasteiger partial charge is 0.393 e. The molecule has 0 spiro atoms. The van der Waals surface area contributed by atoms with Gasteiger partial charge in [0.25, 0.3) is 0 Å². The molecule has 0 heterocycles. The summed E-state index contributed by atoms with van der Waals surface area (Å²) in [7, 11) is 1.96. The molecular formula is C14H23FN2O. The molecule has 0 bridgehead atoms. The zero-order chi connectivity index (χ0) is 13.5. The summed E-state index contributed by atoms with van der Waals surface area (Å²) in [6.07, 6.45) is 0.388. The summed E-state index contributed by atoms with van der Waals surface area (Å²) in [5.41, 5.74) is 1.96. The van der Waals surface area contributed by atoms with Crippen molar-refractivity contribution in [3.05, 3.63) is 29.6 Å². The lowest BCUT2D eigenvalue weighted by atomic mass is 10.1. The number of rotatable bonds is 7. The van der Waals surface area contributed by atoms with Crippen molar-refractivity contribution in [2.24, 2.45) is 0 Å². The minimum atomic E-state index is -0.315. The van der Waals surface area contributed by atoms with E-state index in [-0.39, 0.29) is 11.9 Å². The van der Waals surface area contributed by atoms with E-state index in [1.54, 1.807) is 19.1 Å². The average molecular weight is 254 g/mol. The summed E-state index contributed by atoms with van der Waals surface area (Å²) in [4.78, 5) is 2.05. The minimum Gasteiger partial charge on any atom is -0.393 e. The molecule has 1 rings (SSSR count). The normalized spacial score (nSPS) is 12.5. The SMILES string of the molecule is CCNCc1cc(F)ccc1N(C)CCC(C)O. The highest BCUT2D eigenvalue weighted by Crippen LogP contribution is 2.21. The van der Waals surface area contributed by atoms with Crippen LogP contribution in [-0.2, 0) is 6.54 Å². The fraction of sp³-hybridized carbons (Fsp3) is 0.571. The van der Waals surface area contributed by atoms with Gasteiger partial charge in [0.1, 0.15) is 5.82 Å². The standard InChI is InChI=1S/C14H23FN2O/c1-4-16-10-12-9-13(15)5-6-14(12)17(3)8-7-11(2)18/h5-6,9,11,16,18H,4,7-8,10H2,1-3H3. The summed E-state index contributed by atoms with van der Waals surface area (Å²) >= 11 is 0. The van der Waals surface area contributed by atoms with E-state index in [1.165, 1.54) is 6.07 Å². The summed E-state index contributed by atoms with van der Waals surface area (Å²) in [6.45, 7) is 6.06. The van der Waals surface area contributed by atoms with Crippen LogP contribution in [0.25, 0.3) is 0 Å². The monoisotopic (exact) mass is 254 g/mol. The second kappa shape index (κ2) is 7.34. The highest BCUT2D eigenvalue weighted by Gasteiger charge is 2.09. The Morgan fingerprint density at radius 1 is 1.44 bits per heavy atom. The number of benzene rings is 1. The lowest BCUT2D eigenvalue weighted by molar-refractivity contribution is 0.187. The van der Waals surface area contributed by atoms with Crippen LogP contribution in [0.1, 0.15) is 25.8 Å². The number of anilines is 1. The molecular weight excluding hydrogens is 231 g/mol. The van der Waals surface area contributed by atoms with E-state index in [0.717, 1.165) is 24.3 Å². The van der Waals surface area contributed by atoms with Crippen LogP contribution in [-0.4, -0.2) is 31.3 Å². The maximum Gasteiger partial charge on any atom is 0.123 e. The Balaban J connectivity index is 2.78. The zero-order valence-electron chi connectivity index (χ0n) is 11.4. The Kier molecular flexibility index (Phi) is 6.09. The van der Waals surface area contributed by atoms with Crippen LogP contribution < -0.4 is 10.2 Å². The van der Waals surface area contributed by atoms with Gasteiger partial charge in [-0.25, -0.2) is 4.39 Å². The number of nitrogens with zero attached hydrogens (tertiary/aromatic N) is 1. The maximum absolute atomic E-state index is 13.3. The number of hydrogen-bond acceptors (Lipinski definition) is 3. The predicted octanol–water partition coefficient (Wildman–Crippen LogP) is 2.14. The van der Waals surface area contributed by atoms with Crippen LogP contribution in [0.3, 0.4) is 0 Å². The fourth-order valence-electron chi connectivity index (χ4n) is 1.83. The van der Waals surface area contributed by atoms with E-state index in [1.807, 2.05) is 14.0 Å². The van der Waals surface area contributed by atoms with Crippen molar-refractivity contribution in [1.29, 1.82) is 0 Å². The molecule has 1 atom stereocenters. The van der Waals surface area contributed by atoms with Gasteiger partial charge in [-0.05, 0) is 43.7 Å². The summed E-state index contributed by atoms with van der Waals surface area (Å²) in [5, 5.41) is 12.5. The van der Waals surface area contributed by atoms with Gasteiger partial charge in [-0.2, -0.15) is 0 Å². The number of aliphatic hydroxyl groups is 1. The van der Waals surface area contributed by atoms with E-state index in [4.69, 9.17) is 0 Å². The van der Waals surface area contributed by atoms with Crippen molar-refractivity contribution in [1.82, 2.24) is 5.32 Å². The van der Waals surface area contributed by atoms with Crippen molar-refractivity contribution in [3.8, 4) is 0 Å². The Morgan fingerprint density at radius 2 is 2.17 bits per heavy atom. The first-order chi connectivity index (χ1) is 8.54.